The lowest BCUT2D eigenvalue weighted by molar-refractivity contribution is -0.117. The van der Waals surface area contributed by atoms with Crippen LogP contribution in [0, 0.1) is 5.92 Å². The topological polar surface area (TPSA) is 76.7 Å². The number of carbonyl (C=O) groups is 2. The summed E-state index contributed by atoms with van der Waals surface area (Å²) in [5, 5.41) is 5.69. The van der Waals surface area contributed by atoms with Crippen LogP contribution >= 0.6 is 0 Å². The van der Waals surface area contributed by atoms with Crippen LogP contribution in [0.3, 0.4) is 0 Å². The summed E-state index contributed by atoms with van der Waals surface area (Å²) < 4.78 is 11.0. The molecule has 0 atom stereocenters. The van der Waals surface area contributed by atoms with Crippen molar-refractivity contribution < 1.29 is 19.1 Å². The van der Waals surface area contributed by atoms with Crippen LogP contribution in [0.2, 0.25) is 0 Å². The number of ether oxygens (including phenoxy) is 2. The predicted molar refractivity (Wildman–Crippen MR) is 93.2 cm³/mol. The third kappa shape index (κ3) is 3.57. The molecule has 4 rings (SSSR count). The van der Waals surface area contributed by atoms with E-state index in [2.05, 4.69) is 10.6 Å². The normalized spacial score (nSPS) is 15.4. The summed E-state index contributed by atoms with van der Waals surface area (Å²) in [6, 6.07) is 12.1. The Morgan fingerprint density at radius 2 is 1.52 bits per heavy atom. The number of benzene rings is 2. The van der Waals surface area contributed by atoms with Gasteiger partial charge in [0.1, 0.15) is 13.2 Å². The van der Waals surface area contributed by atoms with Crippen LogP contribution < -0.4 is 20.1 Å². The zero-order valence-corrected chi connectivity index (χ0v) is 13.6. The van der Waals surface area contributed by atoms with Gasteiger partial charge in [0, 0.05) is 28.9 Å². The Bertz CT molecular complexity index is 813. The molecule has 6 heteroatoms. The van der Waals surface area contributed by atoms with Crippen LogP contribution in [-0.2, 0) is 4.79 Å². The number of hydrogen-bond acceptors (Lipinski definition) is 4. The average Bonchev–Trinajstić information content (AvgIpc) is 3.47. The number of rotatable bonds is 4. The number of hydrogen-bond donors (Lipinski definition) is 2. The minimum absolute atomic E-state index is 0.0495. The first-order chi connectivity index (χ1) is 12.2. The van der Waals surface area contributed by atoms with Gasteiger partial charge in [-0.15, -0.1) is 0 Å². The van der Waals surface area contributed by atoms with Crippen molar-refractivity contribution in [2.24, 2.45) is 5.92 Å². The lowest BCUT2D eigenvalue weighted by atomic mass is 10.1. The fourth-order valence-electron chi connectivity index (χ4n) is 2.62. The highest BCUT2D eigenvalue weighted by Crippen LogP contribution is 2.33. The molecule has 2 aromatic carbocycles. The molecule has 2 aliphatic rings. The van der Waals surface area contributed by atoms with Gasteiger partial charge in [0.2, 0.25) is 5.91 Å². The summed E-state index contributed by atoms with van der Waals surface area (Å²) in [4.78, 5) is 24.1. The van der Waals surface area contributed by atoms with Crippen LogP contribution in [-0.4, -0.2) is 25.0 Å². The smallest absolute Gasteiger partial charge is 0.255 e. The van der Waals surface area contributed by atoms with Gasteiger partial charge in [-0.2, -0.15) is 0 Å². The van der Waals surface area contributed by atoms with Gasteiger partial charge in [-0.3, -0.25) is 9.59 Å². The molecule has 0 spiro atoms. The van der Waals surface area contributed by atoms with Gasteiger partial charge in [-0.1, -0.05) is 0 Å². The fraction of sp³-hybridized carbons (Fsp3) is 0.263. The molecule has 0 aromatic heterocycles. The lowest BCUT2D eigenvalue weighted by Gasteiger charge is -2.19. The number of anilines is 2. The maximum Gasteiger partial charge on any atom is 0.255 e. The molecular weight excluding hydrogens is 320 g/mol. The summed E-state index contributed by atoms with van der Waals surface area (Å²) >= 11 is 0. The van der Waals surface area contributed by atoms with Gasteiger partial charge in [-0.05, 0) is 49.2 Å². The first kappa shape index (κ1) is 15.5. The van der Waals surface area contributed by atoms with Crippen molar-refractivity contribution in [2.75, 3.05) is 23.8 Å². The number of fused-ring (bicyclic) bond motifs is 1. The van der Waals surface area contributed by atoms with Gasteiger partial charge in [-0.25, -0.2) is 0 Å². The molecular formula is C19H18N2O4. The van der Waals surface area contributed by atoms with E-state index in [0.717, 1.165) is 12.8 Å². The molecule has 1 aliphatic heterocycles. The summed E-state index contributed by atoms with van der Waals surface area (Å²) in [5.41, 5.74) is 1.85. The van der Waals surface area contributed by atoms with Crippen molar-refractivity contribution in [3.05, 3.63) is 48.0 Å². The van der Waals surface area contributed by atoms with Crippen LogP contribution in [0.25, 0.3) is 0 Å². The van der Waals surface area contributed by atoms with E-state index in [1.165, 1.54) is 0 Å². The van der Waals surface area contributed by atoms with E-state index in [4.69, 9.17) is 9.47 Å². The van der Waals surface area contributed by atoms with Crippen molar-refractivity contribution in [1.82, 2.24) is 0 Å². The maximum atomic E-state index is 12.4. The highest BCUT2D eigenvalue weighted by molar-refractivity contribution is 6.05. The van der Waals surface area contributed by atoms with Crippen LogP contribution in [0.1, 0.15) is 23.2 Å². The second kappa shape index (κ2) is 6.47. The molecule has 2 aromatic rings. The Kier molecular flexibility index (Phi) is 4.01. The van der Waals surface area contributed by atoms with Gasteiger partial charge in [0.05, 0.1) is 0 Å². The summed E-state index contributed by atoms with van der Waals surface area (Å²) in [5.74, 6) is 1.28. The van der Waals surface area contributed by atoms with E-state index in [-0.39, 0.29) is 17.7 Å². The monoisotopic (exact) mass is 338 g/mol. The molecule has 25 heavy (non-hydrogen) atoms. The molecule has 2 N–H and O–H groups in total. The van der Waals surface area contributed by atoms with E-state index < -0.39 is 0 Å². The zero-order valence-electron chi connectivity index (χ0n) is 13.6. The van der Waals surface area contributed by atoms with E-state index >= 15 is 0 Å². The molecule has 128 valence electrons. The van der Waals surface area contributed by atoms with Crippen LogP contribution in [0.15, 0.2) is 42.5 Å². The molecule has 2 amide bonds. The molecule has 1 fully saturated rings. The van der Waals surface area contributed by atoms with Crippen molar-refractivity contribution in [1.29, 1.82) is 0 Å². The first-order valence-electron chi connectivity index (χ1n) is 8.31. The molecule has 0 unspecified atom stereocenters. The van der Waals surface area contributed by atoms with E-state index in [1.807, 2.05) is 0 Å². The highest BCUT2D eigenvalue weighted by Gasteiger charge is 2.29. The Morgan fingerprint density at radius 3 is 2.24 bits per heavy atom. The van der Waals surface area contributed by atoms with Crippen molar-refractivity contribution in [2.45, 2.75) is 12.8 Å². The van der Waals surface area contributed by atoms with Crippen LogP contribution in [0.5, 0.6) is 11.5 Å². The third-order valence-electron chi connectivity index (χ3n) is 4.16. The van der Waals surface area contributed by atoms with Gasteiger partial charge >= 0.3 is 0 Å². The van der Waals surface area contributed by atoms with Gasteiger partial charge in [0.25, 0.3) is 5.91 Å². The Labute approximate surface area is 145 Å². The predicted octanol–water partition coefficient (Wildman–Crippen LogP) is 3.06. The minimum Gasteiger partial charge on any atom is -0.486 e. The number of nitrogens with one attached hydrogen (secondary N) is 2. The first-order valence-corrected chi connectivity index (χ1v) is 8.31. The molecule has 1 aliphatic carbocycles. The summed E-state index contributed by atoms with van der Waals surface area (Å²) in [6.45, 7) is 1.03. The molecule has 0 radical (unpaired) electrons. The molecule has 6 nitrogen and oxygen atoms in total. The molecule has 0 bridgehead atoms. The summed E-state index contributed by atoms with van der Waals surface area (Å²) in [6.07, 6.45) is 1.92. The number of carbonyl (C=O) groups excluding carboxylic acids is 2. The second-order valence-corrected chi connectivity index (χ2v) is 6.15. The Hall–Kier alpha value is -3.02. The third-order valence-corrected chi connectivity index (χ3v) is 4.16. The summed E-state index contributed by atoms with van der Waals surface area (Å²) in [7, 11) is 0. The van der Waals surface area contributed by atoms with Gasteiger partial charge < -0.3 is 20.1 Å². The maximum absolute atomic E-state index is 12.4. The van der Waals surface area contributed by atoms with Crippen molar-refractivity contribution in [3.8, 4) is 11.5 Å². The zero-order chi connectivity index (χ0) is 17.2. The SMILES string of the molecule is O=C(Nc1ccc2c(c1)OCCO2)c1ccc(NC(=O)C2CC2)cc1. The largest absolute Gasteiger partial charge is 0.486 e. The quantitative estimate of drug-likeness (QED) is 0.898. The second-order valence-electron chi connectivity index (χ2n) is 6.15. The van der Waals surface area contributed by atoms with E-state index in [0.29, 0.717) is 41.7 Å². The molecule has 1 heterocycles. The Morgan fingerprint density at radius 1 is 0.840 bits per heavy atom. The van der Waals surface area contributed by atoms with Crippen molar-refractivity contribution >= 4 is 23.2 Å². The average molecular weight is 338 g/mol. The molecule has 0 saturated heterocycles. The van der Waals surface area contributed by atoms with E-state index in [9.17, 15) is 9.59 Å². The number of amides is 2. The lowest BCUT2D eigenvalue weighted by Crippen LogP contribution is -2.16. The highest BCUT2D eigenvalue weighted by atomic mass is 16.6. The van der Waals surface area contributed by atoms with Crippen LogP contribution in [0.4, 0.5) is 11.4 Å². The fourth-order valence-corrected chi connectivity index (χ4v) is 2.62. The standard InChI is InChI=1S/C19H18N2O4/c22-18(12-1-2-12)20-14-5-3-13(4-6-14)19(23)21-15-7-8-16-17(11-15)25-10-9-24-16/h3-8,11-12H,1-2,9-10H2,(H,20,22)(H,21,23). The van der Waals surface area contributed by atoms with Crippen molar-refractivity contribution in [3.63, 3.8) is 0 Å². The minimum atomic E-state index is -0.225. The Balaban J connectivity index is 1.41. The molecule has 1 saturated carbocycles. The van der Waals surface area contributed by atoms with Gasteiger partial charge in [0.15, 0.2) is 11.5 Å². The van der Waals surface area contributed by atoms with E-state index in [1.54, 1.807) is 42.5 Å².